The van der Waals surface area contributed by atoms with Crippen LogP contribution >= 0.6 is 0 Å². The fourth-order valence-electron chi connectivity index (χ4n) is 2.62. The highest BCUT2D eigenvalue weighted by Crippen LogP contribution is 2.27. The Morgan fingerprint density at radius 2 is 1.93 bits per heavy atom. The van der Waals surface area contributed by atoms with Crippen LogP contribution in [0.15, 0.2) is 0 Å². The summed E-state index contributed by atoms with van der Waals surface area (Å²) in [7, 11) is 2.28. The van der Waals surface area contributed by atoms with E-state index >= 15 is 0 Å². The molecule has 1 aliphatic carbocycles. The molecule has 0 aliphatic heterocycles. The van der Waals surface area contributed by atoms with E-state index in [-0.39, 0.29) is 0 Å². The molecule has 2 nitrogen and oxygen atoms in total. The Bertz CT molecular complexity index is 147. The molecule has 2 atom stereocenters. The zero-order chi connectivity index (χ0) is 10.4. The van der Waals surface area contributed by atoms with Crippen molar-refractivity contribution in [2.45, 2.75) is 51.5 Å². The Morgan fingerprint density at radius 1 is 1.21 bits per heavy atom. The van der Waals surface area contributed by atoms with Gasteiger partial charge >= 0.3 is 0 Å². The van der Waals surface area contributed by atoms with Crippen LogP contribution in [0.25, 0.3) is 0 Å². The lowest BCUT2D eigenvalue weighted by Gasteiger charge is -2.36. The summed E-state index contributed by atoms with van der Waals surface area (Å²) in [4.78, 5) is 2.56. The highest BCUT2D eigenvalue weighted by atomic mass is 15.1. The fourth-order valence-corrected chi connectivity index (χ4v) is 2.62. The van der Waals surface area contributed by atoms with Gasteiger partial charge in [0.05, 0.1) is 0 Å². The van der Waals surface area contributed by atoms with E-state index in [1.807, 2.05) is 0 Å². The molecule has 0 aromatic heterocycles. The maximum atomic E-state index is 5.50. The summed E-state index contributed by atoms with van der Waals surface area (Å²) in [6.45, 7) is 4.48. The minimum atomic E-state index is 0.835. The summed E-state index contributed by atoms with van der Waals surface area (Å²) in [5.41, 5.74) is 5.50. The van der Waals surface area contributed by atoms with Crippen LogP contribution in [0.5, 0.6) is 0 Å². The van der Waals surface area contributed by atoms with Crippen molar-refractivity contribution in [3.8, 4) is 0 Å². The molecule has 0 saturated heterocycles. The molecule has 0 spiro atoms. The molecule has 2 unspecified atom stereocenters. The van der Waals surface area contributed by atoms with Crippen molar-refractivity contribution in [1.29, 1.82) is 0 Å². The average molecular weight is 198 g/mol. The maximum Gasteiger partial charge on any atom is 0.0118 e. The Labute approximate surface area is 88.8 Å². The summed E-state index contributed by atoms with van der Waals surface area (Å²) >= 11 is 0. The first-order valence-electron chi connectivity index (χ1n) is 6.16. The molecule has 2 N–H and O–H groups in total. The molecule has 0 aromatic rings. The molecule has 0 heterocycles. The van der Waals surface area contributed by atoms with E-state index in [0.717, 1.165) is 18.5 Å². The average Bonchev–Trinajstić information content (AvgIpc) is 2.18. The van der Waals surface area contributed by atoms with Crippen LogP contribution in [0, 0.1) is 5.92 Å². The number of rotatable bonds is 5. The third-order valence-corrected chi connectivity index (χ3v) is 3.60. The topological polar surface area (TPSA) is 29.3 Å². The largest absolute Gasteiger partial charge is 0.330 e. The lowest BCUT2D eigenvalue weighted by molar-refractivity contribution is 0.138. The molecule has 0 aromatic carbocycles. The minimum Gasteiger partial charge on any atom is -0.330 e. The van der Waals surface area contributed by atoms with Gasteiger partial charge in [-0.15, -0.1) is 0 Å². The first-order valence-corrected chi connectivity index (χ1v) is 6.16. The van der Waals surface area contributed by atoms with Gasteiger partial charge in [0, 0.05) is 6.04 Å². The highest BCUT2D eigenvalue weighted by molar-refractivity contribution is 4.79. The van der Waals surface area contributed by atoms with Crippen molar-refractivity contribution < 1.29 is 0 Å². The second-order valence-corrected chi connectivity index (χ2v) is 4.81. The van der Waals surface area contributed by atoms with Crippen molar-refractivity contribution in [3.05, 3.63) is 0 Å². The zero-order valence-corrected chi connectivity index (χ0v) is 9.84. The standard InChI is InChI=1S/C12H26N2/c1-11-7-3-4-8-12(11)14(2)10-6-5-9-13/h11-12H,3-10,13H2,1-2H3. The molecule has 14 heavy (non-hydrogen) atoms. The van der Waals surface area contributed by atoms with Crippen molar-refractivity contribution in [2.24, 2.45) is 11.7 Å². The Morgan fingerprint density at radius 3 is 2.57 bits per heavy atom. The normalized spacial score (nSPS) is 28.3. The van der Waals surface area contributed by atoms with Crippen molar-refractivity contribution in [3.63, 3.8) is 0 Å². The van der Waals surface area contributed by atoms with E-state index in [9.17, 15) is 0 Å². The summed E-state index contributed by atoms with van der Waals surface area (Å²) in [5, 5.41) is 0. The summed E-state index contributed by atoms with van der Waals surface area (Å²) in [5.74, 6) is 0.895. The zero-order valence-electron chi connectivity index (χ0n) is 9.84. The lowest BCUT2D eigenvalue weighted by Crippen LogP contribution is -2.39. The molecule has 0 bridgehead atoms. The number of nitrogens with two attached hydrogens (primary N) is 1. The molecule has 2 heteroatoms. The van der Waals surface area contributed by atoms with Crippen molar-refractivity contribution >= 4 is 0 Å². The number of unbranched alkanes of at least 4 members (excludes halogenated alkanes) is 1. The van der Waals surface area contributed by atoms with Crippen molar-refractivity contribution in [2.75, 3.05) is 20.1 Å². The molecule has 1 aliphatic rings. The molecular formula is C12H26N2. The van der Waals surface area contributed by atoms with E-state index in [1.165, 1.54) is 45.1 Å². The predicted octanol–water partition coefficient (Wildman–Crippen LogP) is 2.24. The first-order chi connectivity index (χ1) is 6.75. The molecule has 0 radical (unpaired) electrons. The van der Waals surface area contributed by atoms with Crippen LogP contribution in [0.4, 0.5) is 0 Å². The van der Waals surface area contributed by atoms with Crippen LogP contribution in [0.1, 0.15) is 45.4 Å². The van der Waals surface area contributed by atoms with E-state index in [0.29, 0.717) is 0 Å². The van der Waals surface area contributed by atoms with Gasteiger partial charge in [0.2, 0.25) is 0 Å². The lowest BCUT2D eigenvalue weighted by atomic mass is 9.85. The van der Waals surface area contributed by atoms with Crippen LogP contribution < -0.4 is 5.73 Å². The van der Waals surface area contributed by atoms with Gasteiger partial charge in [-0.1, -0.05) is 19.8 Å². The Hall–Kier alpha value is -0.0800. The van der Waals surface area contributed by atoms with Crippen LogP contribution in [-0.4, -0.2) is 31.1 Å². The quantitative estimate of drug-likeness (QED) is 0.686. The third-order valence-electron chi connectivity index (χ3n) is 3.60. The van der Waals surface area contributed by atoms with Gasteiger partial charge in [0.15, 0.2) is 0 Å². The molecule has 1 rings (SSSR count). The van der Waals surface area contributed by atoms with Gasteiger partial charge in [-0.2, -0.15) is 0 Å². The number of nitrogens with zero attached hydrogens (tertiary/aromatic N) is 1. The summed E-state index contributed by atoms with van der Waals surface area (Å²) < 4.78 is 0. The smallest absolute Gasteiger partial charge is 0.0118 e. The Kier molecular flexibility index (Phi) is 5.49. The fraction of sp³-hybridized carbons (Fsp3) is 1.00. The van der Waals surface area contributed by atoms with E-state index < -0.39 is 0 Å². The van der Waals surface area contributed by atoms with Crippen molar-refractivity contribution in [1.82, 2.24) is 4.90 Å². The van der Waals surface area contributed by atoms with Gasteiger partial charge in [-0.25, -0.2) is 0 Å². The first kappa shape index (κ1) is 12.0. The SMILES string of the molecule is CC1CCCCC1N(C)CCCCN. The second-order valence-electron chi connectivity index (χ2n) is 4.81. The Balaban J connectivity index is 2.23. The van der Waals surface area contributed by atoms with Gasteiger partial charge in [0.25, 0.3) is 0 Å². The predicted molar refractivity (Wildman–Crippen MR) is 62.3 cm³/mol. The number of hydrogen-bond donors (Lipinski definition) is 1. The van der Waals surface area contributed by atoms with Crippen LogP contribution in [-0.2, 0) is 0 Å². The molecule has 1 fully saturated rings. The van der Waals surface area contributed by atoms with Crippen LogP contribution in [0.2, 0.25) is 0 Å². The third kappa shape index (κ3) is 3.58. The minimum absolute atomic E-state index is 0.835. The van der Waals surface area contributed by atoms with Gasteiger partial charge in [0.1, 0.15) is 0 Å². The van der Waals surface area contributed by atoms with E-state index in [2.05, 4.69) is 18.9 Å². The van der Waals surface area contributed by atoms with E-state index in [4.69, 9.17) is 5.73 Å². The maximum absolute atomic E-state index is 5.50. The highest BCUT2D eigenvalue weighted by Gasteiger charge is 2.24. The van der Waals surface area contributed by atoms with E-state index in [1.54, 1.807) is 0 Å². The summed E-state index contributed by atoms with van der Waals surface area (Å²) in [6.07, 6.45) is 8.12. The molecule has 1 saturated carbocycles. The monoisotopic (exact) mass is 198 g/mol. The van der Waals surface area contributed by atoms with Gasteiger partial charge < -0.3 is 10.6 Å². The summed E-state index contributed by atoms with van der Waals surface area (Å²) in [6, 6.07) is 0.835. The molecule has 84 valence electrons. The molecular weight excluding hydrogens is 172 g/mol. The second kappa shape index (κ2) is 6.41. The van der Waals surface area contributed by atoms with Gasteiger partial charge in [-0.3, -0.25) is 0 Å². The molecule has 0 amide bonds. The van der Waals surface area contributed by atoms with Gasteiger partial charge in [-0.05, 0) is 51.7 Å². The van der Waals surface area contributed by atoms with Crippen LogP contribution in [0.3, 0.4) is 0 Å². The number of hydrogen-bond acceptors (Lipinski definition) is 2.